The number of carboxylic acid groups (broad SMARTS) is 1. The summed E-state index contributed by atoms with van der Waals surface area (Å²) in [6.07, 6.45) is 1.45. The number of carbonyl (C=O) groups is 2. The number of hydrogen-bond donors (Lipinski definition) is 1. The SMILES string of the molecule is CC(C)CC(CC(=O)O)CN1CCCOC1=O. The maximum absolute atomic E-state index is 11.5. The van der Waals surface area contributed by atoms with E-state index in [1.807, 2.05) is 0 Å². The van der Waals surface area contributed by atoms with E-state index in [4.69, 9.17) is 9.84 Å². The lowest BCUT2D eigenvalue weighted by atomic mass is 9.93. The molecule has 1 atom stereocenters. The van der Waals surface area contributed by atoms with E-state index in [2.05, 4.69) is 13.8 Å². The molecule has 1 amide bonds. The summed E-state index contributed by atoms with van der Waals surface area (Å²) in [6.45, 7) is 5.76. The Morgan fingerprint density at radius 1 is 1.53 bits per heavy atom. The molecule has 1 aliphatic rings. The van der Waals surface area contributed by atoms with E-state index >= 15 is 0 Å². The van der Waals surface area contributed by atoms with Crippen molar-refractivity contribution in [2.75, 3.05) is 19.7 Å². The van der Waals surface area contributed by atoms with Gasteiger partial charge in [-0.2, -0.15) is 0 Å². The summed E-state index contributed by atoms with van der Waals surface area (Å²) < 4.78 is 4.94. The smallest absolute Gasteiger partial charge is 0.409 e. The van der Waals surface area contributed by atoms with Crippen LogP contribution in [0.1, 0.15) is 33.1 Å². The van der Waals surface area contributed by atoms with Crippen LogP contribution in [-0.4, -0.2) is 41.8 Å². The fourth-order valence-corrected chi connectivity index (χ4v) is 2.21. The molecule has 0 bridgehead atoms. The minimum absolute atomic E-state index is 0.0122. The number of amides is 1. The minimum atomic E-state index is -0.805. The Balaban J connectivity index is 2.51. The second-order valence-electron chi connectivity index (χ2n) is 5.01. The van der Waals surface area contributed by atoms with Crippen molar-refractivity contribution in [2.45, 2.75) is 33.1 Å². The zero-order valence-electron chi connectivity index (χ0n) is 10.5. The zero-order chi connectivity index (χ0) is 12.8. The number of carboxylic acids is 1. The summed E-state index contributed by atoms with van der Waals surface area (Å²) in [5.41, 5.74) is 0. The summed E-state index contributed by atoms with van der Waals surface area (Å²) >= 11 is 0. The first kappa shape index (κ1) is 13.8. The van der Waals surface area contributed by atoms with Crippen molar-refractivity contribution in [3.63, 3.8) is 0 Å². The lowest BCUT2D eigenvalue weighted by molar-refractivity contribution is -0.138. The average Bonchev–Trinajstić information content (AvgIpc) is 2.19. The van der Waals surface area contributed by atoms with Crippen LogP contribution in [0.2, 0.25) is 0 Å². The lowest BCUT2D eigenvalue weighted by Gasteiger charge is -2.30. The van der Waals surface area contributed by atoms with Crippen molar-refractivity contribution < 1.29 is 19.4 Å². The molecule has 1 N–H and O–H groups in total. The van der Waals surface area contributed by atoms with Crippen molar-refractivity contribution in [1.82, 2.24) is 4.90 Å². The average molecular weight is 243 g/mol. The van der Waals surface area contributed by atoms with Crippen molar-refractivity contribution in [2.24, 2.45) is 11.8 Å². The van der Waals surface area contributed by atoms with Crippen LogP contribution in [0, 0.1) is 11.8 Å². The molecule has 1 saturated heterocycles. The van der Waals surface area contributed by atoms with Gasteiger partial charge in [-0.05, 0) is 24.7 Å². The molecule has 1 rings (SSSR count). The van der Waals surface area contributed by atoms with Crippen molar-refractivity contribution in [1.29, 1.82) is 0 Å². The van der Waals surface area contributed by atoms with E-state index in [1.54, 1.807) is 4.90 Å². The molecule has 1 fully saturated rings. The fourth-order valence-electron chi connectivity index (χ4n) is 2.21. The number of ether oxygens (including phenoxy) is 1. The van der Waals surface area contributed by atoms with Crippen LogP contribution in [0.4, 0.5) is 4.79 Å². The Labute approximate surface area is 102 Å². The van der Waals surface area contributed by atoms with E-state index in [1.165, 1.54) is 0 Å². The molecule has 1 aliphatic heterocycles. The number of carbonyl (C=O) groups excluding carboxylic acids is 1. The van der Waals surface area contributed by atoms with Gasteiger partial charge in [-0.3, -0.25) is 4.79 Å². The van der Waals surface area contributed by atoms with Crippen LogP contribution in [-0.2, 0) is 9.53 Å². The van der Waals surface area contributed by atoms with Crippen LogP contribution in [0.15, 0.2) is 0 Å². The Bertz CT molecular complexity index is 278. The number of aliphatic carboxylic acids is 1. The molecule has 0 aliphatic carbocycles. The normalized spacial score (nSPS) is 18.1. The molecule has 1 unspecified atom stereocenters. The summed E-state index contributed by atoms with van der Waals surface area (Å²) in [5, 5.41) is 8.86. The molecule has 0 aromatic heterocycles. The summed E-state index contributed by atoms with van der Waals surface area (Å²) in [6, 6.07) is 0. The largest absolute Gasteiger partial charge is 0.481 e. The third-order valence-electron chi connectivity index (χ3n) is 2.80. The van der Waals surface area contributed by atoms with Gasteiger partial charge in [0.05, 0.1) is 6.61 Å². The molecule has 98 valence electrons. The maximum Gasteiger partial charge on any atom is 0.409 e. The summed E-state index contributed by atoms with van der Waals surface area (Å²) in [5.74, 6) is -0.362. The first-order chi connectivity index (χ1) is 7.99. The first-order valence-electron chi connectivity index (χ1n) is 6.12. The predicted octanol–water partition coefficient (Wildman–Crippen LogP) is 1.97. The monoisotopic (exact) mass is 243 g/mol. The molecule has 0 radical (unpaired) electrons. The molecule has 17 heavy (non-hydrogen) atoms. The molecular formula is C12H21NO4. The topological polar surface area (TPSA) is 66.8 Å². The Morgan fingerprint density at radius 2 is 2.24 bits per heavy atom. The second-order valence-corrected chi connectivity index (χ2v) is 5.01. The highest BCUT2D eigenvalue weighted by Gasteiger charge is 2.24. The number of cyclic esters (lactones) is 1. The van der Waals surface area contributed by atoms with Gasteiger partial charge in [-0.25, -0.2) is 4.79 Å². The molecule has 5 nitrogen and oxygen atoms in total. The molecule has 0 saturated carbocycles. The summed E-state index contributed by atoms with van der Waals surface area (Å²) in [7, 11) is 0. The van der Waals surface area contributed by atoms with Crippen molar-refractivity contribution in [3.05, 3.63) is 0 Å². The van der Waals surface area contributed by atoms with E-state index in [0.717, 1.165) is 12.8 Å². The van der Waals surface area contributed by atoms with Crippen LogP contribution < -0.4 is 0 Å². The van der Waals surface area contributed by atoms with Gasteiger partial charge in [0.15, 0.2) is 0 Å². The van der Waals surface area contributed by atoms with E-state index in [9.17, 15) is 9.59 Å². The van der Waals surface area contributed by atoms with Crippen LogP contribution in [0.25, 0.3) is 0 Å². The van der Waals surface area contributed by atoms with Gasteiger partial charge in [-0.1, -0.05) is 13.8 Å². The highest BCUT2D eigenvalue weighted by Crippen LogP contribution is 2.18. The van der Waals surface area contributed by atoms with Gasteiger partial charge in [-0.15, -0.1) is 0 Å². The molecule has 5 heteroatoms. The number of nitrogens with zero attached hydrogens (tertiary/aromatic N) is 1. The quantitative estimate of drug-likeness (QED) is 0.774. The molecular weight excluding hydrogens is 222 g/mol. The Kier molecular flexibility index (Phi) is 5.25. The molecule has 0 spiro atoms. The first-order valence-corrected chi connectivity index (χ1v) is 6.12. The fraction of sp³-hybridized carbons (Fsp3) is 0.833. The van der Waals surface area contributed by atoms with Gasteiger partial charge in [0.25, 0.3) is 0 Å². The van der Waals surface area contributed by atoms with E-state index in [-0.39, 0.29) is 18.4 Å². The maximum atomic E-state index is 11.5. The number of rotatable bonds is 6. The predicted molar refractivity (Wildman–Crippen MR) is 62.7 cm³/mol. The van der Waals surface area contributed by atoms with E-state index in [0.29, 0.717) is 25.6 Å². The highest BCUT2D eigenvalue weighted by atomic mass is 16.6. The summed E-state index contributed by atoms with van der Waals surface area (Å²) in [4.78, 5) is 23.9. The van der Waals surface area contributed by atoms with Crippen LogP contribution in [0.5, 0.6) is 0 Å². The third kappa shape index (κ3) is 5.06. The van der Waals surface area contributed by atoms with Crippen LogP contribution >= 0.6 is 0 Å². The van der Waals surface area contributed by atoms with Crippen LogP contribution in [0.3, 0.4) is 0 Å². The van der Waals surface area contributed by atoms with E-state index < -0.39 is 5.97 Å². The van der Waals surface area contributed by atoms with Gasteiger partial charge in [0.1, 0.15) is 0 Å². The van der Waals surface area contributed by atoms with Gasteiger partial charge >= 0.3 is 12.1 Å². The lowest BCUT2D eigenvalue weighted by Crippen LogP contribution is -2.41. The van der Waals surface area contributed by atoms with Gasteiger partial charge in [0, 0.05) is 19.5 Å². The second kappa shape index (κ2) is 6.47. The van der Waals surface area contributed by atoms with Gasteiger partial charge < -0.3 is 14.7 Å². The standard InChI is InChI=1S/C12H21NO4/c1-9(2)6-10(7-11(14)15)8-13-4-3-5-17-12(13)16/h9-10H,3-8H2,1-2H3,(H,14,15). The molecule has 0 aromatic carbocycles. The third-order valence-corrected chi connectivity index (χ3v) is 2.80. The minimum Gasteiger partial charge on any atom is -0.481 e. The number of hydrogen-bond acceptors (Lipinski definition) is 3. The Hall–Kier alpha value is -1.26. The van der Waals surface area contributed by atoms with Crippen molar-refractivity contribution >= 4 is 12.1 Å². The molecule has 1 heterocycles. The highest BCUT2D eigenvalue weighted by molar-refractivity contribution is 5.69. The molecule has 0 aromatic rings. The van der Waals surface area contributed by atoms with Crippen molar-refractivity contribution in [3.8, 4) is 0 Å². The Morgan fingerprint density at radius 3 is 2.76 bits per heavy atom. The zero-order valence-corrected chi connectivity index (χ0v) is 10.5. The van der Waals surface area contributed by atoms with Gasteiger partial charge in [0.2, 0.25) is 0 Å².